The first-order valence-electron chi connectivity index (χ1n) is 8.07. The van der Waals surface area contributed by atoms with E-state index in [0.717, 1.165) is 11.1 Å². The Morgan fingerprint density at radius 3 is 1.92 bits per heavy atom. The van der Waals surface area contributed by atoms with Crippen LogP contribution in [0.2, 0.25) is 0 Å². The van der Waals surface area contributed by atoms with Gasteiger partial charge in [-0.1, -0.05) is 60.7 Å². The second-order valence-electron chi connectivity index (χ2n) is 6.15. The third-order valence-corrected chi connectivity index (χ3v) is 4.42. The molecule has 0 aliphatic carbocycles. The van der Waals surface area contributed by atoms with E-state index >= 15 is 0 Å². The van der Waals surface area contributed by atoms with Crippen molar-refractivity contribution in [2.24, 2.45) is 0 Å². The van der Waals surface area contributed by atoms with Crippen molar-refractivity contribution < 1.29 is 14.3 Å². The topological polar surface area (TPSA) is 43.8 Å². The molecule has 2 aromatic carbocycles. The average Bonchev–Trinajstić information content (AvgIpc) is 2.98. The Morgan fingerprint density at radius 2 is 1.50 bits per heavy atom. The van der Waals surface area contributed by atoms with Crippen LogP contribution in [0.25, 0.3) is 0 Å². The van der Waals surface area contributed by atoms with Gasteiger partial charge in [0.05, 0.1) is 12.6 Å². The van der Waals surface area contributed by atoms with Gasteiger partial charge in [-0.15, -0.1) is 0 Å². The summed E-state index contributed by atoms with van der Waals surface area (Å²) in [6, 6.07) is 19.3. The third-order valence-electron chi connectivity index (χ3n) is 4.42. The summed E-state index contributed by atoms with van der Waals surface area (Å²) in [6.07, 6.45) is -2.23. The van der Waals surface area contributed by atoms with Gasteiger partial charge in [0.15, 0.2) is 0 Å². The molecule has 0 radical (unpaired) electrons. The summed E-state index contributed by atoms with van der Waals surface area (Å²) in [6.45, 7) is 1.33. The quantitative estimate of drug-likeness (QED) is 0.915. The van der Waals surface area contributed by atoms with Crippen molar-refractivity contribution in [1.29, 1.82) is 0 Å². The number of carboxylic acid groups (broad SMARTS) is 1. The zero-order chi connectivity index (χ0) is 16.9. The molecule has 0 unspecified atom stereocenters. The van der Waals surface area contributed by atoms with Crippen LogP contribution in [0.4, 0.5) is 9.18 Å². The molecule has 0 saturated carbocycles. The third kappa shape index (κ3) is 3.92. The predicted molar refractivity (Wildman–Crippen MR) is 90.4 cm³/mol. The van der Waals surface area contributed by atoms with Crippen LogP contribution in [0.1, 0.15) is 11.1 Å². The van der Waals surface area contributed by atoms with E-state index in [1.54, 1.807) is 0 Å². The Hall–Kier alpha value is -2.40. The molecule has 3 rings (SSSR count). The molecule has 2 atom stereocenters. The zero-order valence-electron chi connectivity index (χ0n) is 13.4. The second-order valence-corrected chi connectivity index (χ2v) is 6.15. The van der Waals surface area contributed by atoms with Crippen molar-refractivity contribution in [3.8, 4) is 0 Å². The molecule has 2 aromatic rings. The predicted octanol–water partition coefficient (Wildman–Crippen LogP) is 3.39. The summed E-state index contributed by atoms with van der Waals surface area (Å²) < 4.78 is 14.5. The van der Waals surface area contributed by atoms with Crippen LogP contribution < -0.4 is 0 Å². The van der Waals surface area contributed by atoms with Gasteiger partial charge in [-0.3, -0.25) is 4.90 Å². The van der Waals surface area contributed by atoms with Crippen LogP contribution in [0.5, 0.6) is 0 Å². The summed E-state index contributed by atoms with van der Waals surface area (Å²) in [5, 5.41) is 9.15. The van der Waals surface area contributed by atoms with Gasteiger partial charge in [0.2, 0.25) is 0 Å². The Labute approximate surface area is 141 Å². The molecule has 0 spiro atoms. The van der Waals surface area contributed by atoms with Crippen molar-refractivity contribution in [2.45, 2.75) is 25.3 Å². The van der Waals surface area contributed by atoms with Crippen LogP contribution in [-0.2, 0) is 13.1 Å². The van der Waals surface area contributed by atoms with E-state index in [1.807, 2.05) is 65.6 Å². The lowest BCUT2D eigenvalue weighted by Crippen LogP contribution is -2.41. The minimum Gasteiger partial charge on any atom is -0.465 e. The van der Waals surface area contributed by atoms with E-state index in [4.69, 9.17) is 5.11 Å². The number of rotatable bonds is 5. The van der Waals surface area contributed by atoms with Crippen LogP contribution in [0, 0.1) is 0 Å². The summed E-state index contributed by atoms with van der Waals surface area (Å²) in [4.78, 5) is 14.4. The summed E-state index contributed by atoms with van der Waals surface area (Å²) in [5.41, 5.74) is 2.18. The van der Waals surface area contributed by atoms with E-state index < -0.39 is 18.3 Å². The Morgan fingerprint density at radius 1 is 1.00 bits per heavy atom. The molecule has 1 amide bonds. The largest absolute Gasteiger partial charge is 0.465 e. The maximum Gasteiger partial charge on any atom is 0.407 e. The SMILES string of the molecule is O=C(O)N1C[C@@H](F)[C@H](N(Cc2ccccc2)Cc2ccccc2)C1. The molecule has 4 nitrogen and oxygen atoms in total. The monoisotopic (exact) mass is 328 g/mol. The second kappa shape index (κ2) is 7.45. The molecule has 1 heterocycles. The van der Waals surface area contributed by atoms with Crippen LogP contribution in [0.15, 0.2) is 60.7 Å². The molecule has 0 bridgehead atoms. The Kier molecular flexibility index (Phi) is 5.11. The number of hydrogen-bond donors (Lipinski definition) is 1. The van der Waals surface area contributed by atoms with Crippen LogP contribution in [0.3, 0.4) is 0 Å². The van der Waals surface area contributed by atoms with Crippen molar-refractivity contribution in [1.82, 2.24) is 9.80 Å². The van der Waals surface area contributed by atoms with Gasteiger partial charge in [-0.05, 0) is 11.1 Å². The molecule has 24 heavy (non-hydrogen) atoms. The highest BCUT2D eigenvalue weighted by molar-refractivity contribution is 5.65. The van der Waals surface area contributed by atoms with Gasteiger partial charge in [0.1, 0.15) is 6.17 Å². The van der Waals surface area contributed by atoms with E-state index in [1.165, 1.54) is 4.90 Å². The lowest BCUT2D eigenvalue weighted by Gasteiger charge is -2.30. The van der Waals surface area contributed by atoms with Gasteiger partial charge in [0.25, 0.3) is 0 Å². The van der Waals surface area contributed by atoms with Crippen molar-refractivity contribution in [2.75, 3.05) is 13.1 Å². The van der Waals surface area contributed by atoms with Crippen LogP contribution in [-0.4, -0.2) is 46.3 Å². The lowest BCUT2D eigenvalue weighted by atomic mass is 10.1. The molecular formula is C19H21FN2O2. The lowest BCUT2D eigenvalue weighted by molar-refractivity contribution is 0.126. The van der Waals surface area contributed by atoms with Gasteiger partial charge in [-0.25, -0.2) is 9.18 Å². The van der Waals surface area contributed by atoms with Crippen LogP contribution >= 0.6 is 0 Å². The number of amides is 1. The molecule has 1 aliphatic rings. The zero-order valence-corrected chi connectivity index (χ0v) is 13.4. The number of halogens is 1. The normalized spacial score (nSPS) is 20.5. The van der Waals surface area contributed by atoms with E-state index in [9.17, 15) is 9.18 Å². The molecule has 1 saturated heterocycles. The number of nitrogens with zero attached hydrogens (tertiary/aromatic N) is 2. The molecule has 1 fully saturated rings. The first-order chi connectivity index (χ1) is 11.6. The molecule has 1 aliphatic heterocycles. The van der Waals surface area contributed by atoms with Gasteiger partial charge < -0.3 is 10.0 Å². The average molecular weight is 328 g/mol. The highest BCUT2D eigenvalue weighted by Crippen LogP contribution is 2.23. The minimum atomic E-state index is -1.17. The number of alkyl halides is 1. The number of hydrogen-bond acceptors (Lipinski definition) is 2. The number of likely N-dealkylation sites (tertiary alicyclic amines) is 1. The molecular weight excluding hydrogens is 307 g/mol. The fraction of sp³-hybridized carbons (Fsp3) is 0.316. The highest BCUT2D eigenvalue weighted by Gasteiger charge is 2.39. The fourth-order valence-corrected chi connectivity index (χ4v) is 3.17. The van der Waals surface area contributed by atoms with Crippen molar-refractivity contribution in [3.05, 3.63) is 71.8 Å². The maximum absolute atomic E-state index is 14.5. The summed E-state index contributed by atoms with van der Waals surface area (Å²) >= 11 is 0. The Bertz CT molecular complexity index is 624. The molecule has 1 N–H and O–H groups in total. The minimum absolute atomic E-state index is 0.0555. The number of benzene rings is 2. The molecule has 0 aromatic heterocycles. The van der Waals surface area contributed by atoms with E-state index in [2.05, 4.69) is 0 Å². The molecule has 126 valence electrons. The van der Waals surface area contributed by atoms with Gasteiger partial charge in [-0.2, -0.15) is 0 Å². The standard InChI is InChI=1S/C19H21FN2O2/c20-17-13-22(19(23)24)14-18(17)21(11-15-7-3-1-4-8-15)12-16-9-5-2-6-10-16/h1-10,17-18H,11-14H2,(H,23,24)/t17-,18-/m1/s1. The van der Waals surface area contributed by atoms with Gasteiger partial charge in [0, 0.05) is 19.6 Å². The fourth-order valence-electron chi connectivity index (χ4n) is 3.17. The van der Waals surface area contributed by atoms with Crippen molar-refractivity contribution >= 4 is 6.09 Å². The highest BCUT2D eigenvalue weighted by atomic mass is 19.1. The smallest absolute Gasteiger partial charge is 0.407 e. The number of carbonyl (C=O) groups is 1. The molecule has 5 heteroatoms. The summed E-state index contributed by atoms with van der Waals surface area (Å²) in [5.74, 6) is 0. The first kappa shape index (κ1) is 16.5. The van der Waals surface area contributed by atoms with Crippen molar-refractivity contribution in [3.63, 3.8) is 0 Å². The Balaban J connectivity index is 1.80. The maximum atomic E-state index is 14.5. The first-order valence-corrected chi connectivity index (χ1v) is 8.07. The van der Waals surface area contributed by atoms with Gasteiger partial charge >= 0.3 is 6.09 Å². The van der Waals surface area contributed by atoms with E-state index in [0.29, 0.717) is 13.1 Å². The summed E-state index contributed by atoms with van der Waals surface area (Å²) in [7, 11) is 0. The van der Waals surface area contributed by atoms with E-state index in [-0.39, 0.29) is 13.1 Å².